The van der Waals surface area contributed by atoms with Gasteiger partial charge in [0, 0.05) is 27.7 Å². The van der Waals surface area contributed by atoms with Crippen LogP contribution in [0.1, 0.15) is 0 Å². The Morgan fingerprint density at radius 2 is 0.839 bits per heavy atom. The summed E-state index contributed by atoms with van der Waals surface area (Å²) in [4.78, 5) is 2.49. The molecule has 0 spiro atoms. The van der Waals surface area contributed by atoms with Crippen LogP contribution in [-0.4, -0.2) is 4.57 Å². The van der Waals surface area contributed by atoms with Crippen LogP contribution in [0.2, 0.25) is 0 Å². The Bertz CT molecular complexity index is 2930. The fourth-order valence-electron chi connectivity index (χ4n) is 8.24. The minimum Gasteiger partial charge on any atom is -0.309 e. The van der Waals surface area contributed by atoms with Gasteiger partial charge in [-0.2, -0.15) is 0 Å². The zero-order valence-electron chi connectivity index (χ0n) is 30.8. The number of aromatic nitrogens is 1. The van der Waals surface area contributed by atoms with Gasteiger partial charge in [-0.15, -0.1) is 0 Å². The quantitative estimate of drug-likeness (QED) is 0.152. The number of nitrogens with zero attached hydrogens (tertiary/aromatic N) is 2. The van der Waals surface area contributed by atoms with E-state index < -0.39 is 0 Å². The van der Waals surface area contributed by atoms with Crippen molar-refractivity contribution >= 4 is 38.9 Å². The summed E-state index contributed by atoms with van der Waals surface area (Å²) in [6.07, 6.45) is 0. The molecule has 2 nitrogen and oxygen atoms in total. The van der Waals surface area contributed by atoms with Crippen LogP contribution in [0.25, 0.3) is 72.0 Å². The Hall–Kier alpha value is -7.42. The first-order valence-electron chi connectivity index (χ1n) is 19.2. The van der Waals surface area contributed by atoms with E-state index in [4.69, 9.17) is 0 Å². The van der Waals surface area contributed by atoms with Crippen molar-refractivity contribution in [3.8, 4) is 50.2 Å². The molecule has 264 valence electrons. The van der Waals surface area contributed by atoms with Crippen molar-refractivity contribution in [3.63, 3.8) is 0 Å². The number of anilines is 3. The highest BCUT2D eigenvalue weighted by Crippen LogP contribution is 2.48. The fourth-order valence-corrected chi connectivity index (χ4v) is 8.24. The number of hydrogen-bond acceptors (Lipinski definition) is 1. The summed E-state index contributed by atoms with van der Waals surface area (Å²) in [6, 6.07) is 83.2. The van der Waals surface area contributed by atoms with Crippen molar-refractivity contribution in [1.82, 2.24) is 4.57 Å². The average molecular weight is 715 g/mol. The van der Waals surface area contributed by atoms with Gasteiger partial charge < -0.3 is 9.47 Å². The van der Waals surface area contributed by atoms with E-state index in [1.165, 1.54) is 49.7 Å². The SMILES string of the molecule is c1ccc(-c2ccc(N(c3ccc(-c4ccccc4)c(-c4ccccc4)c3)c3cccc4c3c3ccccc3n4-c3ccccc3)c(-c3ccccc3)c2)cc1. The van der Waals surface area contributed by atoms with Gasteiger partial charge in [-0.3, -0.25) is 0 Å². The lowest BCUT2D eigenvalue weighted by atomic mass is 9.92. The lowest BCUT2D eigenvalue weighted by molar-refractivity contribution is 1.18. The number of benzene rings is 9. The first-order chi connectivity index (χ1) is 27.8. The molecular formula is C54H38N2. The third-order valence-electron chi connectivity index (χ3n) is 10.8. The standard InChI is InChI=1S/C54H38N2/c1-6-19-39(20-7-1)43-33-36-51(49(37-43)42-25-12-4-13-26-42)56(45-34-35-46(40-21-8-2-9-22-40)48(38-45)41-23-10-3-11-24-41)53-32-18-31-52-54(53)47-29-16-17-30-50(47)55(52)44-27-14-5-15-28-44/h1-38H. The third kappa shape index (κ3) is 5.95. The second-order valence-corrected chi connectivity index (χ2v) is 14.1. The maximum atomic E-state index is 2.49. The summed E-state index contributed by atoms with van der Waals surface area (Å²) in [5, 5.41) is 2.41. The van der Waals surface area contributed by atoms with Gasteiger partial charge in [-0.25, -0.2) is 0 Å². The van der Waals surface area contributed by atoms with Gasteiger partial charge in [0.25, 0.3) is 0 Å². The van der Waals surface area contributed by atoms with Crippen LogP contribution in [0.3, 0.4) is 0 Å². The summed E-state index contributed by atoms with van der Waals surface area (Å²) in [5.74, 6) is 0. The van der Waals surface area contributed by atoms with Gasteiger partial charge >= 0.3 is 0 Å². The van der Waals surface area contributed by atoms with E-state index in [0.29, 0.717) is 0 Å². The Labute approximate surface area is 327 Å². The number of rotatable bonds is 8. The van der Waals surface area contributed by atoms with Crippen molar-refractivity contribution < 1.29 is 0 Å². The highest BCUT2D eigenvalue weighted by Gasteiger charge is 2.24. The summed E-state index contributed by atoms with van der Waals surface area (Å²) < 4.78 is 2.40. The molecule has 10 aromatic rings. The van der Waals surface area contributed by atoms with Gasteiger partial charge in [0.2, 0.25) is 0 Å². The molecule has 1 aromatic heterocycles. The van der Waals surface area contributed by atoms with E-state index in [1.54, 1.807) is 0 Å². The molecule has 0 aliphatic rings. The van der Waals surface area contributed by atoms with E-state index in [9.17, 15) is 0 Å². The number of para-hydroxylation sites is 2. The predicted molar refractivity (Wildman–Crippen MR) is 237 cm³/mol. The van der Waals surface area contributed by atoms with Crippen molar-refractivity contribution in [2.45, 2.75) is 0 Å². The van der Waals surface area contributed by atoms with E-state index in [-0.39, 0.29) is 0 Å². The molecule has 0 aliphatic carbocycles. The summed E-state index contributed by atoms with van der Waals surface area (Å²) in [6.45, 7) is 0. The Kier molecular flexibility index (Phi) is 8.55. The van der Waals surface area contributed by atoms with Crippen molar-refractivity contribution in [2.75, 3.05) is 4.90 Å². The molecule has 0 bridgehead atoms. The topological polar surface area (TPSA) is 8.17 Å². The van der Waals surface area contributed by atoms with Crippen LogP contribution in [0.4, 0.5) is 17.1 Å². The molecule has 0 saturated carbocycles. The summed E-state index contributed by atoms with van der Waals surface area (Å²) in [5.41, 5.74) is 16.2. The molecule has 0 fully saturated rings. The molecule has 0 unspecified atom stereocenters. The largest absolute Gasteiger partial charge is 0.309 e. The van der Waals surface area contributed by atoms with Crippen LogP contribution in [0.5, 0.6) is 0 Å². The number of hydrogen-bond donors (Lipinski definition) is 0. The molecule has 1 heterocycles. The lowest BCUT2D eigenvalue weighted by Crippen LogP contribution is -2.12. The molecule has 0 N–H and O–H groups in total. The first-order valence-corrected chi connectivity index (χ1v) is 19.2. The van der Waals surface area contributed by atoms with Crippen LogP contribution in [0, 0.1) is 0 Å². The van der Waals surface area contributed by atoms with Crippen molar-refractivity contribution in [3.05, 3.63) is 231 Å². The molecular weight excluding hydrogens is 677 g/mol. The Balaban J connectivity index is 1.31. The zero-order chi connectivity index (χ0) is 37.3. The van der Waals surface area contributed by atoms with E-state index in [1.807, 2.05) is 0 Å². The van der Waals surface area contributed by atoms with Gasteiger partial charge in [0.05, 0.1) is 22.4 Å². The monoisotopic (exact) mass is 714 g/mol. The van der Waals surface area contributed by atoms with Gasteiger partial charge in [-0.1, -0.05) is 176 Å². The number of fused-ring (bicyclic) bond motifs is 3. The van der Waals surface area contributed by atoms with Crippen LogP contribution in [0.15, 0.2) is 231 Å². The molecule has 10 rings (SSSR count). The normalized spacial score (nSPS) is 11.2. The smallest absolute Gasteiger partial charge is 0.0562 e. The van der Waals surface area contributed by atoms with E-state index >= 15 is 0 Å². The van der Waals surface area contributed by atoms with Gasteiger partial charge in [0.15, 0.2) is 0 Å². The lowest BCUT2D eigenvalue weighted by Gasteiger charge is -2.30. The first kappa shape index (κ1) is 33.2. The summed E-state index contributed by atoms with van der Waals surface area (Å²) in [7, 11) is 0. The third-order valence-corrected chi connectivity index (χ3v) is 10.8. The van der Waals surface area contributed by atoms with Gasteiger partial charge in [0.1, 0.15) is 0 Å². The molecule has 0 radical (unpaired) electrons. The maximum Gasteiger partial charge on any atom is 0.0562 e. The molecule has 0 amide bonds. The second-order valence-electron chi connectivity index (χ2n) is 14.1. The molecule has 56 heavy (non-hydrogen) atoms. The minimum atomic E-state index is 1.08. The molecule has 9 aromatic carbocycles. The fraction of sp³-hybridized carbons (Fsp3) is 0. The van der Waals surface area contributed by atoms with Crippen molar-refractivity contribution in [1.29, 1.82) is 0 Å². The van der Waals surface area contributed by atoms with Crippen molar-refractivity contribution in [2.24, 2.45) is 0 Å². The van der Waals surface area contributed by atoms with E-state index in [0.717, 1.165) is 39.4 Å². The summed E-state index contributed by atoms with van der Waals surface area (Å²) >= 11 is 0. The van der Waals surface area contributed by atoms with Gasteiger partial charge in [-0.05, 0) is 93.5 Å². The highest BCUT2D eigenvalue weighted by molar-refractivity contribution is 6.17. The molecule has 0 atom stereocenters. The van der Waals surface area contributed by atoms with Crippen LogP contribution in [-0.2, 0) is 0 Å². The predicted octanol–water partition coefficient (Wildman–Crippen LogP) is 14.9. The second kappa shape index (κ2) is 14.4. The zero-order valence-corrected chi connectivity index (χ0v) is 30.8. The molecule has 0 aliphatic heterocycles. The van der Waals surface area contributed by atoms with Crippen LogP contribution < -0.4 is 4.90 Å². The molecule has 0 saturated heterocycles. The minimum absolute atomic E-state index is 1.08. The maximum absolute atomic E-state index is 2.49. The Morgan fingerprint density at radius 3 is 1.50 bits per heavy atom. The highest BCUT2D eigenvalue weighted by atomic mass is 15.2. The van der Waals surface area contributed by atoms with Crippen LogP contribution >= 0.6 is 0 Å². The van der Waals surface area contributed by atoms with E-state index in [2.05, 4.69) is 240 Å². The molecule has 2 heteroatoms. The Morgan fingerprint density at radius 1 is 0.304 bits per heavy atom. The average Bonchev–Trinajstić information content (AvgIpc) is 3.63.